The summed E-state index contributed by atoms with van der Waals surface area (Å²) in [6, 6.07) is 3.89. The third-order valence-corrected chi connectivity index (χ3v) is 3.40. The maximum atomic E-state index is 13.5. The highest BCUT2D eigenvalue weighted by Gasteiger charge is 2.20. The van der Waals surface area contributed by atoms with Crippen LogP contribution in [0.2, 0.25) is 5.02 Å². The predicted octanol–water partition coefficient (Wildman–Crippen LogP) is 2.98. The Morgan fingerprint density at radius 2 is 2.18 bits per heavy atom. The van der Waals surface area contributed by atoms with E-state index >= 15 is 0 Å². The fourth-order valence-electron chi connectivity index (χ4n) is 1.77. The molecule has 0 radical (unpaired) electrons. The Hall–Kier alpha value is -0.800. The van der Waals surface area contributed by atoms with Crippen LogP contribution in [0.1, 0.15) is 18.4 Å². The van der Waals surface area contributed by atoms with E-state index in [-0.39, 0.29) is 5.82 Å². The maximum absolute atomic E-state index is 13.5. The van der Waals surface area contributed by atoms with Crippen LogP contribution in [-0.4, -0.2) is 26.2 Å². The summed E-state index contributed by atoms with van der Waals surface area (Å²) in [6.45, 7) is 3.46. The van der Waals surface area contributed by atoms with Crippen molar-refractivity contribution in [2.75, 3.05) is 25.0 Å². The van der Waals surface area contributed by atoms with Gasteiger partial charge in [0.15, 0.2) is 0 Å². The number of hydrogen-bond acceptors (Lipinski definition) is 2. The highest BCUT2D eigenvalue weighted by Crippen LogP contribution is 2.27. The van der Waals surface area contributed by atoms with Crippen molar-refractivity contribution in [2.45, 2.75) is 25.8 Å². The van der Waals surface area contributed by atoms with Crippen LogP contribution in [0.3, 0.4) is 0 Å². The lowest BCUT2D eigenvalue weighted by Crippen LogP contribution is -2.30. The minimum absolute atomic E-state index is 0.202. The molecule has 0 unspecified atom stereocenters. The number of benzene rings is 1. The van der Waals surface area contributed by atoms with E-state index in [0.29, 0.717) is 16.6 Å². The summed E-state index contributed by atoms with van der Waals surface area (Å²) in [7, 11) is 1.94. The Balaban J connectivity index is 1.96. The minimum atomic E-state index is -0.202. The molecule has 4 heteroatoms. The molecule has 1 fully saturated rings. The quantitative estimate of drug-likeness (QED) is 0.871. The van der Waals surface area contributed by atoms with Crippen molar-refractivity contribution in [1.29, 1.82) is 0 Å². The third kappa shape index (κ3) is 3.33. The summed E-state index contributed by atoms with van der Waals surface area (Å²) in [5.41, 5.74) is 1.34. The summed E-state index contributed by atoms with van der Waals surface area (Å²) < 4.78 is 13.5. The summed E-state index contributed by atoms with van der Waals surface area (Å²) >= 11 is 6.12. The van der Waals surface area contributed by atoms with Gasteiger partial charge in [0.25, 0.3) is 0 Å². The van der Waals surface area contributed by atoms with Gasteiger partial charge < -0.3 is 10.2 Å². The number of hydrogen-bond donors (Lipinski definition) is 1. The van der Waals surface area contributed by atoms with E-state index in [2.05, 4.69) is 5.32 Å². The molecule has 0 bridgehead atoms. The van der Waals surface area contributed by atoms with Crippen molar-refractivity contribution < 1.29 is 4.39 Å². The van der Waals surface area contributed by atoms with Crippen LogP contribution in [0.25, 0.3) is 0 Å². The molecule has 0 heterocycles. The van der Waals surface area contributed by atoms with Gasteiger partial charge in [0.05, 0.1) is 10.7 Å². The molecule has 0 aromatic heterocycles. The van der Waals surface area contributed by atoms with E-state index in [1.165, 1.54) is 18.9 Å². The number of rotatable bonds is 5. The highest BCUT2D eigenvalue weighted by atomic mass is 35.5. The lowest BCUT2D eigenvalue weighted by Gasteiger charge is -2.21. The molecule has 0 spiro atoms. The van der Waals surface area contributed by atoms with E-state index in [1.54, 1.807) is 13.0 Å². The molecule has 17 heavy (non-hydrogen) atoms. The van der Waals surface area contributed by atoms with Crippen LogP contribution in [0.5, 0.6) is 0 Å². The maximum Gasteiger partial charge on any atom is 0.128 e. The van der Waals surface area contributed by atoms with Crippen molar-refractivity contribution in [2.24, 2.45) is 0 Å². The fraction of sp³-hybridized carbons (Fsp3) is 0.538. The van der Waals surface area contributed by atoms with Crippen molar-refractivity contribution in [3.05, 3.63) is 28.5 Å². The first-order chi connectivity index (χ1) is 8.08. The van der Waals surface area contributed by atoms with Gasteiger partial charge in [-0.2, -0.15) is 0 Å². The Labute approximate surface area is 107 Å². The van der Waals surface area contributed by atoms with Gasteiger partial charge in [-0.25, -0.2) is 4.39 Å². The molecule has 1 aromatic carbocycles. The van der Waals surface area contributed by atoms with Crippen LogP contribution in [0, 0.1) is 12.7 Å². The van der Waals surface area contributed by atoms with Gasteiger partial charge in [-0.3, -0.25) is 0 Å². The van der Waals surface area contributed by atoms with Gasteiger partial charge in [-0.1, -0.05) is 11.6 Å². The molecule has 0 saturated heterocycles. The monoisotopic (exact) mass is 256 g/mol. The van der Waals surface area contributed by atoms with E-state index in [0.717, 1.165) is 18.8 Å². The Morgan fingerprint density at radius 1 is 1.47 bits per heavy atom. The summed E-state index contributed by atoms with van der Waals surface area (Å²) in [5, 5.41) is 4.03. The molecule has 2 rings (SSSR count). The lowest BCUT2D eigenvalue weighted by molar-refractivity contribution is 0.617. The first kappa shape index (κ1) is 12.7. The Bertz CT molecular complexity index is 405. The van der Waals surface area contributed by atoms with Crippen molar-refractivity contribution in [3.63, 3.8) is 0 Å². The first-order valence-electron chi connectivity index (χ1n) is 5.98. The number of likely N-dealkylation sites (N-methyl/N-ethyl adjacent to an activating group) is 1. The van der Waals surface area contributed by atoms with Gasteiger partial charge >= 0.3 is 0 Å². The molecule has 0 amide bonds. The normalized spacial score (nSPS) is 15.1. The molecule has 0 atom stereocenters. The number of halogens is 2. The average Bonchev–Trinajstić information content (AvgIpc) is 3.07. The number of aryl methyl sites for hydroxylation is 1. The van der Waals surface area contributed by atoms with Crippen molar-refractivity contribution >= 4 is 17.3 Å². The van der Waals surface area contributed by atoms with Gasteiger partial charge in [0.1, 0.15) is 5.82 Å². The van der Waals surface area contributed by atoms with Crippen molar-refractivity contribution in [3.8, 4) is 0 Å². The van der Waals surface area contributed by atoms with Crippen molar-refractivity contribution in [1.82, 2.24) is 5.32 Å². The minimum Gasteiger partial charge on any atom is -0.372 e. The molecule has 94 valence electrons. The second-order valence-electron chi connectivity index (χ2n) is 4.70. The topological polar surface area (TPSA) is 15.3 Å². The van der Waals surface area contributed by atoms with E-state index < -0.39 is 0 Å². The molecule has 1 aliphatic rings. The first-order valence-corrected chi connectivity index (χ1v) is 6.36. The van der Waals surface area contributed by atoms with Crippen LogP contribution in [-0.2, 0) is 0 Å². The largest absolute Gasteiger partial charge is 0.372 e. The predicted molar refractivity (Wildman–Crippen MR) is 70.4 cm³/mol. The molecular formula is C13H18ClFN2. The lowest BCUT2D eigenvalue weighted by atomic mass is 10.2. The molecule has 1 saturated carbocycles. The highest BCUT2D eigenvalue weighted by molar-refractivity contribution is 6.33. The second-order valence-corrected chi connectivity index (χ2v) is 5.11. The smallest absolute Gasteiger partial charge is 0.128 e. The summed E-state index contributed by atoms with van der Waals surface area (Å²) in [5.74, 6) is -0.202. The molecule has 1 N–H and O–H groups in total. The van der Waals surface area contributed by atoms with E-state index in [9.17, 15) is 4.39 Å². The molecule has 1 aliphatic carbocycles. The van der Waals surface area contributed by atoms with Gasteiger partial charge in [-0.15, -0.1) is 0 Å². The van der Waals surface area contributed by atoms with E-state index in [1.807, 2.05) is 11.9 Å². The molecule has 1 aromatic rings. The molecule has 0 aliphatic heterocycles. The Kier molecular flexibility index (Phi) is 3.89. The number of nitrogens with zero attached hydrogens (tertiary/aromatic N) is 1. The fourth-order valence-corrected chi connectivity index (χ4v) is 2.14. The van der Waals surface area contributed by atoms with E-state index in [4.69, 9.17) is 11.6 Å². The van der Waals surface area contributed by atoms with Crippen LogP contribution >= 0.6 is 11.6 Å². The van der Waals surface area contributed by atoms with Crippen LogP contribution in [0.4, 0.5) is 10.1 Å². The Morgan fingerprint density at radius 3 is 2.82 bits per heavy atom. The zero-order chi connectivity index (χ0) is 12.4. The zero-order valence-corrected chi connectivity index (χ0v) is 11.0. The summed E-state index contributed by atoms with van der Waals surface area (Å²) in [6.07, 6.45) is 2.56. The number of anilines is 1. The zero-order valence-electron chi connectivity index (χ0n) is 10.3. The molecule has 2 nitrogen and oxygen atoms in total. The van der Waals surface area contributed by atoms with Gasteiger partial charge in [0, 0.05) is 26.2 Å². The molecular weight excluding hydrogens is 239 g/mol. The van der Waals surface area contributed by atoms with Crippen LogP contribution < -0.4 is 10.2 Å². The second kappa shape index (κ2) is 5.23. The standard InChI is InChI=1S/C13H18ClFN2/c1-9-7-11(14)13(8-12(9)15)17(2)6-5-16-10-3-4-10/h7-8,10,16H,3-6H2,1-2H3. The third-order valence-electron chi connectivity index (χ3n) is 3.10. The van der Waals surface area contributed by atoms with Gasteiger partial charge in [-0.05, 0) is 37.5 Å². The van der Waals surface area contributed by atoms with Crippen LogP contribution in [0.15, 0.2) is 12.1 Å². The SMILES string of the molecule is Cc1cc(Cl)c(N(C)CCNC2CC2)cc1F. The van der Waals surface area contributed by atoms with Gasteiger partial charge in [0.2, 0.25) is 0 Å². The average molecular weight is 257 g/mol. The summed E-state index contributed by atoms with van der Waals surface area (Å²) in [4.78, 5) is 1.99. The number of nitrogens with one attached hydrogen (secondary N) is 1.